The molecule has 0 unspecified atom stereocenters. The molecule has 0 aliphatic carbocycles. The Hall–Kier alpha value is -3.01. The summed E-state index contributed by atoms with van der Waals surface area (Å²) in [6.07, 6.45) is 1.59. The van der Waals surface area contributed by atoms with E-state index in [9.17, 15) is 15.0 Å². The van der Waals surface area contributed by atoms with Gasteiger partial charge in [0.25, 0.3) is 0 Å². The number of aryl methyl sites for hydroxylation is 1. The topological polar surface area (TPSA) is 66.8 Å². The van der Waals surface area contributed by atoms with Gasteiger partial charge in [-0.1, -0.05) is 42.5 Å². The summed E-state index contributed by atoms with van der Waals surface area (Å²) in [6, 6.07) is 17.9. The molecular formula is C20H18O4. The van der Waals surface area contributed by atoms with E-state index in [2.05, 4.69) is 0 Å². The molecule has 4 nitrogen and oxygen atoms in total. The van der Waals surface area contributed by atoms with Crippen LogP contribution in [0.3, 0.4) is 0 Å². The molecule has 0 saturated heterocycles. The van der Waals surface area contributed by atoms with E-state index in [0.29, 0.717) is 22.9 Å². The van der Waals surface area contributed by atoms with Gasteiger partial charge >= 0.3 is 5.97 Å². The molecule has 122 valence electrons. The fraction of sp³-hybridized carbons (Fsp3) is 0.150. The van der Waals surface area contributed by atoms with Crippen molar-refractivity contribution >= 4 is 16.7 Å². The number of carbonyl (C=O) groups excluding carboxylic acids is 1. The Bertz CT molecular complexity index is 856. The lowest BCUT2D eigenvalue weighted by molar-refractivity contribution is 0.0503. The lowest BCUT2D eigenvalue weighted by Gasteiger charge is -2.09. The van der Waals surface area contributed by atoms with Crippen LogP contribution < -0.4 is 0 Å². The molecule has 0 bridgehead atoms. The summed E-state index contributed by atoms with van der Waals surface area (Å²) < 4.78 is 5.34. The molecule has 0 spiro atoms. The van der Waals surface area contributed by atoms with Crippen LogP contribution in [-0.4, -0.2) is 22.8 Å². The summed E-state index contributed by atoms with van der Waals surface area (Å²) in [4.78, 5) is 12.3. The average molecular weight is 322 g/mol. The average Bonchev–Trinajstić information content (AvgIpc) is 2.62. The van der Waals surface area contributed by atoms with Crippen LogP contribution in [0, 0.1) is 0 Å². The van der Waals surface area contributed by atoms with Crippen molar-refractivity contribution in [1.82, 2.24) is 0 Å². The zero-order valence-electron chi connectivity index (χ0n) is 13.1. The summed E-state index contributed by atoms with van der Waals surface area (Å²) in [6.45, 7) is 0.328. The van der Waals surface area contributed by atoms with E-state index in [4.69, 9.17) is 4.74 Å². The van der Waals surface area contributed by atoms with Gasteiger partial charge in [0, 0.05) is 10.8 Å². The number of phenolic OH excluding ortho intramolecular Hbond substituents is 2. The SMILES string of the molecule is O=C(OCCCc1ccccc1)c1cccc2c(O)c(O)ccc12. The van der Waals surface area contributed by atoms with Crippen LogP contribution in [0.1, 0.15) is 22.3 Å². The second-order valence-electron chi connectivity index (χ2n) is 5.56. The lowest BCUT2D eigenvalue weighted by Crippen LogP contribution is -2.07. The molecule has 0 atom stereocenters. The fourth-order valence-corrected chi connectivity index (χ4v) is 2.67. The zero-order valence-corrected chi connectivity index (χ0v) is 13.1. The first-order valence-electron chi connectivity index (χ1n) is 7.81. The van der Waals surface area contributed by atoms with Gasteiger partial charge in [-0.3, -0.25) is 0 Å². The van der Waals surface area contributed by atoms with Crippen molar-refractivity contribution in [3.05, 3.63) is 71.8 Å². The van der Waals surface area contributed by atoms with Gasteiger partial charge in [0.2, 0.25) is 0 Å². The highest BCUT2D eigenvalue weighted by Gasteiger charge is 2.14. The minimum absolute atomic E-state index is 0.212. The molecule has 3 aromatic rings. The molecule has 0 fully saturated rings. The van der Waals surface area contributed by atoms with Gasteiger partial charge in [0.1, 0.15) is 0 Å². The Morgan fingerprint density at radius 1 is 0.875 bits per heavy atom. The Kier molecular flexibility index (Phi) is 4.66. The predicted molar refractivity (Wildman–Crippen MR) is 92.3 cm³/mol. The molecule has 3 rings (SSSR count). The van der Waals surface area contributed by atoms with Gasteiger partial charge in [0.05, 0.1) is 12.2 Å². The van der Waals surface area contributed by atoms with Gasteiger partial charge in [-0.2, -0.15) is 0 Å². The molecule has 0 aliphatic rings. The number of hydrogen-bond donors (Lipinski definition) is 2. The van der Waals surface area contributed by atoms with Crippen LogP contribution in [0.15, 0.2) is 60.7 Å². The van der Waals surface area contributed by atoms with Crippen molar-refractivity contribution < 1.29 is 19.7 Å². The number of ether oxygens (including phenoxy) is 1. The fourth-order valence-electron chi connectivity index (χ4n) is 2.67. The number of hydrogen-bond acceptors (Lipinski definition) is 4. The molecule has 2 N–H and O–H groups in total. The first-order chi connectivity index (χ1) is 11.7. The minimum Gasteiger partial charge on any atom is -0.504 e. The Balaban J connectivity index is 1.67. The number of fused-ring (bicyclic) bond motifs is 1. The van der Waals surface area contributed by atoms with Gasteiger partial charge in [0.15, 0.2) is 11.5 Å². The molecule has 0 heterocycles. The minimum atomic E-state index is -0.432. The third kappa shape index (κ3) is 3.33. The smallest absolute Gasteiger partial charge is 0.338 e. The van der Waals surface area contributed by atoms with E-state index in [1.54, 1.807) is 24.3 Å². The van der Waals surface area contributed by atoms with E-state index in [-0.39, 0.29) is 11.5 Å². The van der Waals surface area contributed by atoms with E-state index < -0.39 is 5.97 Å². The highest BCUT2D eigenvalue weighted by Crippen LogP contribution is 2.34. The van der Waals surface area contributed by atoms with Crippen LogP contribution in [0.5, 0.6) is 11.5 Å². The molecule has 0 saturated carbocycles. The van der Waals surface area contributed by atoms with Crippen molar-refractivity contribution in [3.63, 3.8) is 0 Å². The first-order valence-corrected chi connectivity index (χ1v) is 7.81. The zero-order chi connectivity index (χ0) is 16.9. The number of benzene rings is 3. The maximum Gasteiger partial charge on any atom is 0.338 e. The van der Waals surface area contributed by atoms with Crippen molar-refractivity contribution in [2.45, 2.75) is 12.8 Å². The largest absolute Gasteiger partial charge is 0.504 e. The number of phenols is 2. The Morgan fingerprint density at radius 3 is 2.46 bits per heavy atom. The molecule has 3 aromatic carbocycles. The maximum absolute atomic E-state index is 12.3. The van der Waals surface area contributed by atoms with E-state index in [1.165, 1.54) is 11.6 Å². The van der Waals surface area contributed by atoms with Crippen molar-refractivity contribution in [3.8, 4) is 11.5 Å². The maximum atomic E-state index is 12.3. The summed E-state index contributed by atoms with van der Waals surface area (Å²) >= 11 is 0. The van der Waals surface area contributed by atoms with Crippen LogP contribution >= 0.6 is 0 Å². The standard InChI is InChI=1S/C20H18O4/c21-18-12-11-15-16(19(18)22)9-4-10-17(15)20(23)24-13-5-8-14-6-2-1-3-7-14/h1-4,6-7,9-12,21-22H,5,8,13H2. The quantitative estimate of drug-likeness (QED) is 0.423. The molecule has 0 aliphatic heterocycles. The second kappa shape index (κ2) is 7.04. The first kappa shape index (κ1) is 15.9. The molecular weight excluding hydrogens is 304 g/mol. The van der Waals surface area contributed by atoms with Crippen LogP contribution in [-0.2, 0) is 11.2 Å². The molecule has 4 heteroatoms. The second-order valence-corrected chi connectivity index (χ2v) is 5.56. The van der Waals surface area contributed by atoms with E-state index in [0.717, 1.165) is 12.8 Å². The van der Waals surface area contributed by atoms with Gasteiger partial charge in [-0.25, -0.2) is 4.79 Å². The normalized spacial score (nSPS) is 10.7. The Labute approximate surface area is 139 Å². The lowest BCUT2D eigenvalue weighted by atomic mass is 10.0. The molecule has 24 heavy (non-hydrogen) atoms. The highest BCUT2D eigenvalue weighted by molar-refractivity contribution is 6.06. The van der Waals surface area contributed by atoms with Crippen LogP contribution in [0.25, 0.3) is 10.8 Å². The number of rotatable bonds is 5. The molecule has 0 aromatic heterocycles. The summed E-state index contributed by atoms with van der Waals surface area (Å²) in [5.74, 6) is -0.874. The number of esters is 1. The monoisotopic (exact) mass is 322 g/mol. The van der Waals surface area contributed by atoms with Crippen molar-refractivity contribution in [2.24, 2.45) is 0 Å². The van der Waals surface area contributed by atoms with Crippen molar-refractivity contribution in [1.29, 1.82) is 0 Å². The summed E-state index contributed by atoms with van der Waals surface area (Å²) in [5.41, 5.74) is 1.58. The summed E-state index contributed by atoms with van der Waals surface area (Å²) in [5, 5.41) is 20.4. The van der Waals surface area contributed by atoms with E-state index >= 15 is 0 Å². The number of aromatic hydroxyl groups is 2. The summed E-state index contributed by atoms with van der Waals surface area (Å²) in [7, 11) is 0. The molecule has 0 radical (unpaired) electrons. The third-order valence-electron chi connectivity index (χ3n) is 3.92. The Morgan fingerprint density at radius 2 is 1.67 bits per heavy atom. The predicted octanol–water partition coefficient (Wildman–Crippen LogP) is 4.04. The van der Waals surface area contributed by atoms with Crippen molar-refractivity contribution in [2.75, 3.05) is 6.61 Å². The number of carbonyl (C=O) groups is 1. The van der Waals surface area contributed by atoms with E-state index in [1.807, 2.05) is 30.3 Å². The third-order valence-corrected chi connectivity index (χ3v) is 3.92. The van der Waals surface area contributed by atoms with Gasteiger partial charge < -0.3 is 14.9 Å². The van der Waals surface area contributed by atoms with Gasteiger partial charge in [-0.15, -0.1) is 0 Å². The highest BCUT2D eigenvalue weighted by atomic mass is 16.5. The van der Waals surface area contributed by atoms with Crippen LogP contribution in [0.2, 0.25) is 0 Å². The molecule has 0 amide bonds. The van der Waals surface area contributed by atoms with Gasteiger partial charge in [-0.05, 0) is 36.6 Å². The van der Waals surface area contributed by atoms with Crippen LogP contribution in [0.4, 0.5) is 0 Å².